The number of amides is 1. The van der Waals surface area contributed by atoms with E-state index in [-0.39, 0.29) is 12.2 Å². The van der Waals surface area contributed by atoms with E-state index >= 15 is 0 Å². The molecular weight excluding hydrogens is 246 g/mol. The van der Waals surface area contributed by atoms with Crippen molar-refractivity contribution in [2.24, 2.45) is 0 Å². The van der Waals surface area contributed by atoms with Crippen molar-refractivity contribution in [1.29, 1.82) is 0 Å². The zero-order valence-electron chi connectivity index (χ0n) is 7.52. The van der Waals surface area contributed by atoms with Crippen LogP contribution in [-0.2, 0) is 4.74 Å². The molecule has 1 aromatic carbocycles. The zero-order valence-corrected chi connectivity index (χ0v) is 9.11. The van der Waals surface area contributed by atoms with Crippen LogP contribution < -0.4 is 4.90 Å². The van der Waals surface area contributed by atoms with E-state index in [2.05, 4.69) is 15.9 Å². The van der Waals surface area contributed by atoms with Gasteiger partial charge in [-0.2, -0.15) is 0 Å². The van der Waals surface area contributed by atoms with Crippen LogP contribution in [0.25, 0.3) is 0 Å². The van der Waals surface area contributed by atoms with Gasteiger partial charge in [-0.25, -0.2) is 4.79 Å². The minimum Gasteiger partial charge on any atom is -0.443 e. The molecule has 0 bridgehead atoms. The number of halogens is 1. The molecule has 1 aliphatic rings. The fourth-order valence-corrected chi connectivity index (χ4v) is 1.76. The average Bonchev–Trinajstić information content (AvgIpc) is 2.61. The SMILES string of the molecule is O=C1O[C@@H](CBr)CN1c1ccccc1. The minimum absolute atomic E-state index is 0.0392. The highest BCUT2D eigenvalue weighted by atomic mass is 79.9. The van der Waals surface area contributed by atoms with Crippen molar-refractivity contribution >= 4 is 27.7 Å². The summed E-state index contributed by atoms with van der Waals surface area (Å²) in [6.07, 6.45) is -0.302. The van der Waals surface area contributed by atoms with Gasteiger partial charge in [0.2, 0.25) is 0 Å². The smallest absolute Gasteiger partial charge is 0.414 e. The molecule has 74 valence electrons. The lowest BCUT2D eigenvalue weighted by molar-refractivity contribution is 0.152. The molecule has 1 aromatic rings. The fourth-order valence-electron chi connectivity index (χ4n) is 1.42. The second-order valence-electron chi connectivity index (χ2n) is 3.11. The first-order valence-electron chi connectivity index (χ1n) is 4.40. The lowest BCUT2D eigenvalue weighted by Crippen LogP contribution is -2.24. The molecule has 1 atom stereocenters. The van der Waals surface area contributed by atoms with Crippen LogP contribution in [0.4, 0.5) is 10.5 Å². The van der Waals surface area contributed by atoms with Gasteiger partial charge in [-0.3, -0.25) is 4.90 Å². The molecule has 1 saturated heterocycles. The monoisotopic (exact) mass is 255 g/mol. The van der Waals surface area contributed by atoms with Gasteiger partial charge in [0, 0.05) is 11.0 Å². The van der Waals surface area contributed by atoms with E-state index in [0.717, 1.165) is 5.69 Å². The number of nitrogens with zero attached hydrogens (tertiary/aromatic N) is 1. The largest absolute Gasteiger partial charge is 0.443 e. The first-order chi connectivity index (χ1) is 6.81. The van der Waals surface area contributed by atoms with Crippen LogP contribution in [0.2, 0.25) is 0 Å². The molecule has 3 nitrogen and oxygen atoms in total. The molecule has 1 heterocycles. The van der Waals surface area contributed by atoms with Gasteiger partial charge in [-0.15, -0.1) is 0 Å². The number of rotatable bonds is 2. The van der Waals surface area contributed by atoms with Gasteiger partial charge >= 0.3 is 6.09 Å². The van der Waals surface area contributed by atoms with Crippen LogP contribution in [0.5, 0.6) is 0 Å². The van der Waals surface area contributed by atoms with Gasteiger partial charge in [-0.1, -0.05) is 34.1 Å². The summed E-state index contributed by atoms with van der Waals surface area (Å²) in [7, 11) is 0. The van der Waals surface area contributed by atoms with E-state index in [9.17, 15) is 4.79 Å². The Kier molecular flexibility index (Phi) is 2.72. The summed E-state index contributed by atoms with van der Waals surface area (Å²) < 4.78 is 5.12. The molecule has 0 N–H and O–H groups in total. The van der Waals surface area contributed by atoms with E-state index in [1.165, 1.54) is 0 Å². The third-order valence-corrected chi connectivity index (χ3v) is 2.84. The van der Waals surface area contributed by atoms with E-state index in [1.54, 1.807) is 4.90 Å². The maximum atomic E-state index is 11.4. The maximum absolute atomic E-state index is 11.4. The summed E-state index contributed by atoms with van der Waals surface area (Å²) in [4.78, 5) is 13.1. The predicted octanol–water partition coefficient (Wildman–Crippen LogP) is 2.41. The Morgan fingerprint density at radius 1 is 1.43 bits per heavy atom. The van der Waals surface area contributed by atoms with Crippen molar-refractivity contribution in [3.8, 4) is 0 Å². The first kappa shape index (κ1) is 9.52. The molecule has 0 aliphatic carbocycles. The number of hydrogen-bond acceptors (Lipinski definition) is 2. The lowest BCUT2D eigenvalue weighted by atomic mass is 10.3. The predicted molar refractivity (Wildman–Crippen MR) is 57.9 cm³/mol. The highest BCUT2D eigenvalue weighted by Gasteiger charge is 2.31. The van der Waals surface area contributed by atoms with Crippen molar-refractivity contribution in [2.45, 2.75) is 6.10 Å². The van der Waals surface area contributed by atoms with Gasteiger partial charge in [0.05, 0.1) is 6.54 Å². The number of carbonyl (C=O) groups is 1. The number of ether oxygens (including phenoxy) is 1. The number of para-hydroxylation sites is 1. The highest BCUT2D eigenvalue weighted by Crippen LogP contribution is 2.21. The first-order valence-corrected chi connectivity index (χ1v) is 5.52. The Morgan fingerprint density at radius 3 is 2.71 bits per heavy atom. The van der Waals surface area contributed by atoms with Crippen molar-refractivity contribution < 1.29 is 9.53 Å². The van der Waals surface area contributed by atoms with Gasteiger partial charge in [0.15, 0.2) is 0 Å². The molecule has 1 aliphatic heterocycles. The Hall–Kier alpha value is -1.03. The van der Waals surface area contributed by atoms with Crippen LogP contribution in [0, 0.1) is 0 Å². The highest BCUT2D eigenvalue weighted by molar-refractivity contribution is 9.09. The fraction of sp³-hybridized carbons (Fsp3) is 0.300. The number of hydrogen-bond donors (Lipinski definition) is 0. The molecule has 0 saturated carbocycles. The summed E-state index contributed by atoms with van der Waals surface area (Å²) in [6.45, 7) is 0.619. The molecule has 4 heteroatoms. The molecular formula is C10H10BrNO2. The van der Waals surface area contributed by atoms with Crippen LogP contribution in [0.3, 0.4) is 0 Å². The Bertz CT molecular complexity index is 328. The van der Waals surface area contributed by atoms with Crippen LogP contribution in [-0.4, -0.2) is 24.1 Å². The van der Waals surface area contributed by atoms with E-state index in [0.29, 0.717) is 11.9 Å². The van der Waals surface area contributed by atoms with Gasteiger partial charge < -0.3 is 4.74 Å². The lowest BCUT2D eigenvalue weighted by Gasteiger charge is -2.11. The molecule has 0 unspecified atom stereocenters. The van der Waals surface area contributed by atoms with E-state index in [1.807, 2.05) is 30.3 Å². The maximum Gasteiger partial charge on any atom is 0.414 e. The molecule has 0 aromatic heterocycles. The van der Waals surface area contributed by atoms with Gasteiger partial charge in [-0.05, 0) is 12.1 Å². The topological polar surface area (TPSA) is 29.5 Å². The summed E-state index contributed by atoms with van der Waals surface area (Å²) >= 11 is 3.30. The number of alkyl halides is 1. The van der Waals surface area contributed by atoms with Crippen molar-refractivity contribution in [1.82, 2.24) is 0 Å². The second-order valence-corrected chi connectivity index (χ2v) is 3.75. The Labute approximate surface area is 90.8 Å². The van der Waals surface area contributed by atoms with Crippen LogP contribution in [0.1, 0.15) is 0 Å². The van der Waals surface area contributed by atoms with Crippen LogP contribution in [0.15, 0.2) is 30.3 Å². The molecule has 1 fully saturated rings. The number of benzene rings is 1. The van der Waals surface area contributed by atoms with Crippen molar-refractivity contribution in [3.05, 3.63) is 30.3 Å². The standard InChI is InChI=1S/C10H10BrNO2/c11-6-9-7-12(10(13)14-9)8-4-2-1-3-5-8/h1-5,9H,6-7H2/t9-/m0/s1. The summed E-state index contributed by atoms with van der Waals surface area (Å²) in [5.41, 5.74) is 0.890. The number of carbonyl (C=O) groups excluding carboxylic acids is 1. The quantitative estimate of drug-likeness (QED) is 0.760. The minimum atomic E-state index is -0.263. The van der Waals surface area contributed by atoms with Crippen molar-refractivity contribution in [2.75, 3.05) is 16.8 Å². The van der Waals surface area contributed by atoms with E-state index < -0.39 is 0 Å². The Morgan fingerprint density at radius 2 is 2.14 bits per heavy atom. The third kappa shape index (κ3) is 1.75. The summed E-state index contributed by atoms with van der Waals surface area (Å²) in [5.74, 6) is 0. The van der Waals surface area contributed by atoms with Gasteiger partial charge in [0.1, 0.15) is 6.10 Å². The van der Waals surface area contributed by atoms with Gasteiger partial charge in [0.25, 0.3) is 0 Å². The normalized spacial score (nSPS) is 21.1. The molecule has 2 rings (SSSR count). The number of anilines is 1. The molecule has 1 amide bonds. The second kappa shape index (κ2) is 4.00. The molecule has 0 spiro atoms. The van der Waals surface area contributed by atoms with E-state index in [4.69, 9.17) is 4.74 Å². The molecule has 0 radical (unpaired) electrons. The molecule has 14 heavy (non-hydrogen) atoms. The third-order valence-electron chi connectivity index (χ3n) is 2.11. The zero-order chi connectivity index (χ0) is 9.97. The Balaban J connectivity index is 2.17. The summed E-state index contributed by atoms with van der Waals surface area (Å²) in [6, 6.07) is 9.54. The summed E-state index contributed by atoms with van der Waals surface area (Å²) in [5, 5.41) is 0.683. The number of cyclic esters (lactones) is 1. The van der Waals surface area contributed by atoms with Crippen molar-refractivity contribution in [3.63, 3.8) is 0 Å². The van der Waals surface area contributed by atoms with Crippen LogP contribution >= 0.6 is 15.9 Å². The average molecular weight is 256 g/mol.